The number of rotatable bonds is 5. The topological polar surface area (TPSA) is 70.7 Å². The van der Waals surface area contributed by atoms with Gasteiger partial charge in [0.1, 0.15) is 5.75 Å². The quantitative estimate of drug-likeness (QED) is 0.868. The molecule has 120 valence electrons. The molecule has 1 aliphatic heterocycles. The number of hydrogen-bond acceptors (Lipinski definition) is 4. The molecule has 1 aromatic rings. The van der Waals surface area contributed by atoms with E-state index in [1.54, 1.807) is 7.11 Å². The molecule has 1 fully saturated rings. The van der Waals surface area contributed by atoms with Crippen LogP contribution in [0.25, 0.3) is 0 Å². The van der Waals surface area contributed by atoms with Gasteiger partial charge in [-0.1, -0.05) is 12.1 Å². The standard InChI is InChI=1S/C16H23N3O3/c1-3-17-16(21)18-15(20)11-19-9-5-8-14(19)12-6-4-7-13(10-12)22-2/h4,6-7,10,14H,3,5,8-9,11H2,1-2H3,(H2,17,18,20,21). The summed E-state index contributed by atoms with van der Waals surface area (Å²) in [6, 6.07) is 7.67. The molecular weight excluding hydrogens is 282 g/mol. The number of ether oxygens (including phenoxy) is 1. The minimum Gasteiger partial charge on any atom is -0.497 e. The van der Waals surface area contributed by atoms with E-state index in [9.17, 15) is 9.59 Å². The summed E-state index contributed by atoms with van der Waals surface area (Å²) in [5.41, 5.74) is 1.14. The van der Waals surface area contributed by atoms with Crippen molar-refractivity contribution in [2.75, 3.05) is 26.7 Å². The summed E-state index contributed by atoms with van der Waals surface area (Å²) in [6.45, 7) is 3.38. The third-order valence-corrected chi connectivity index (χ3v) is 3.78. The smallest absolute Gasteiger partial charge is 0.321 e. The molecule has 2 rings (SSSR count). The van der Waals surface area contributed by atoms with Gasteiger partial charge < -0.3 is 10.1 Å². The van der Waals surface area contributed by atoms with Gasteiger partial charge in [0, 0.05) is 12.6 Å². The Balaban J connectivity index is 1.98. The maximum atomic E-state index is 11.9. The molecule has 1 atom stereocenters. The predicted octanol–water partition coefficient (Wildman–Crippen LogP) is 1.68. The SMILES string of the molecule is CCNC(=O)NC(=O)CN1CCCC1c1cccc(OC)c1. The fraction of sp³-hybridized carbons (Fsp3) is 0.500. The number of carbonyl (C=O) groups is 2. The third-order valence-electron chi connectivity index (χ3n) is 3.78. The highest BCUT2D eigenvalue weighted by Gasteiger charge is 2.28. The Bertz CT molecular complexity index is 533. The second-order valence-electron chi connectivity index (χ2n) is 5.31. The first-order chi connectivity index (χ1) is 10.6. The van der Waals surface area contributed by atoms with Gasteiger partial charge in [-0.25, -0.2) is 4.79 Å². The fourth-order valence-electron chi connectivity index (χ4n) is 2.80. The molecule has 0 aliphatic carbocycles. The zero-order chi connectivity index (χ0) is 15.9. The van der Waals surface area contributed by atoms with Gasteiger partial charge in [0.05, 0.1) is 13.7 Å². The minimum absolute atomic E-state index is 0.190. The van der Waals surface area contributed by atoms with E-state index in [4.69, 9.17) is 4.74 Å². The zero-order valence-corrected chi connectivity index (χ0v) is 13.1. The van der Waals surface area contributed by atoms with Crippen molar-refractivity contribution >= 4 is 11.9 Å². The summed E-state index contributed by atoms with van der Waals surface area (Å²) in [5, 5.41) is 4.90. The average molecular weight is 305 g/mol. The Hall–Kier alpha value is -2.08. The van der Waals surface area contributed by atoms with E-state index in [0.717, 1.165) is 30.7 Å². The van der Waals surface area contributed by atoms with Gasteiger partial charge >= 0.3 is 6.03 Å². The highest BCUT2D eigenvalue weighted by atomic mass is 16.5. The largest absolute Gasteiger partial charge is 0.497 e. The molecule has 1 saturated heterocycles. The Morgan fingerprint density at radius 3 is 2.95 bits per heavy atom. The highest BCUT2D eigenvalue weighted by molar-refractivity contribution is 5.95. The maximum Gasteiger partial charge on any atom is 0.321 e. The molecule has 6 heteroatoms. The Kier molecular flexibility index (Phi) is 5.77. The second-order valence-corrected chi connectivity index (χ2v) is 5.31. The number of imide groups is 1. The predicted molar refractivity (Wildman–Crippen MR) is 83.8 cm³/mol. The van der Waals surface area contributed by atoms with E-state index >= 15 is 0 Å². The van der Waals surface area contributed by atoms with Crippen LogP contribution >= 0.6 is 0 Å². The van der Waals surface area contributed by atoms with E-state index in [2.05, 4.69) is 15.5 Å². The molecule has 1 aliphatic rings. The number of nitrogens with zero attached hydrogens (tertiary/aromatic N) is 1. The summed E-state index contributed by atoms with van der Waals surface area (Å²) in [6.07, 6.45) is 2.04. The van der Waals surface area contributed by atoms with Crippen LogP contribution < -0.4 is 15.4 Å². The second kappa shape index (κ2) is 7.79. The number of amides is 3. The number of likely N-dealkylation sites (tertiary alicyclic amines) is 1. The summed E-state index contributed by atoms with van der Waals surface area (Å²) in [5.74, 6) is 0.539. The van der Waals surface area contributed by atoms with Gasteiger partial charge in [0.15, 0.2) is 0 Å². The van der Waals surface area contributed by atoms with Gasteiger partial charge in [-0.15, -0.1) is 0 Å². The molecule has 2 N–H and O–H groups in total. The van der Waals surface area contributed by atoms with Crippen molar-refractivity contribution < 1.29 is 14.3 Å². The van der Waals surface area contributed by atoms with E-state index in [1.165, 1.54) is 0 Å². The Morgan fingerprint density at radius 2 is 2.23 bits per heavy atom. The summed E-state index contributed by atoms with van der Waals surface area (Å²) < 4.78 is 5.26. The number of benzene rings is 1. The van der Waals surface area contributed by atoms with Crippen molar-refractivity contribution in [3.63, 3.8) is 0 Å². The first-order valence-electron chi connectivity index (χ1n) is 7.59. The number of nitrogens with one attached hydrogen (secondary N) is 2. The van der Waals surface area contributed by atoms with Gasteiger partial charge in [0.2, 0.25) is 5.91 Å². The minimum atomic E-state index is -0.440. The molecule has 1 heterocycles. The lowest BCUT2D eigenvalue weighted by Crippen LogP contribution is -2.44. The van der Waals surface area contributed by atoms with Gasteiger partial charge in [-0.2, -0.15) is 0 Å². The molecule has 3 amide bonds. The molecule has 0 radical (unpaired) electrons. The third kappa shape index (κ3) is 4.21. The van der Waals surface area contributed by atoms with E-state index in [-0.39, 0.29) is 18.5 Å². The van der Waals surface area contributed by atoms with Gasteiger partial charge in [-0.3, -0.25) is 15.0 Å². The number of urea groups is 1. The van der Waals surface area contributed by atoms with Crippen LogP contribution in [0, 0.1) is 0 Å². The van der Waals surface area contributed by atoms with E-state index in [1.807, 2.05) is 31.2 Å². The molecule has 22 heavy (non-hydrogen) atoms. The lowest BCUT2D eigenvalue weighted by molar-refractivity contribution is -0.121. The van der Waals surface area contributed by atoms with Crippen molar-refractivity contribution in [3.05, 3.63) is 29.8 Å². The van der Waals surface area contributed by atoms with Crippen LogP contribution in [0.15, 0.2) is 24.3 Å². The lowest BCUT2D eigenvalue weighted by atomic mass is 10.0. The van der Waals surface area contributed by atoms with E-state index in [0.29, 0.717) is 6.54 Å². The first kappa shape index (κ1) is 16.3. The molecule has 0 spiro atoms. The molecule has 1 aromatic carbocycles. The molecule has 0 bridgehead atoms. The van der Waals surface area contributed by atoms with Crippen molar-refractivity contribution in [3.8, 4) is 5.75 Å². The van der Waals surface area contributed by atoms with E-state index < -0.39 is 6.03 Å². The molecule has 0 aromatic heterocycles. The van der Waals surface area contributed by atoms with Crippen LogP contribution in [0.1, 0.15) is 31.4 Å². The van der Waals surface area contributed by atoms with Crippen LogP contribution in [0.2, 0.25) is 0 Å². The lowest BCUT2D eigenvalue weighted by Gasteiger charge is -2.24. The number of hydrogen-bond donors (Lipinski definition) is 2. The normalized spacial score (nSPS) is 18.0. The Morgan fingerprint density at radius 1 is 1.41 bits per heavy atom. The summed E-state index contributed by atoms with van der Waals surface area (Å²) in [4.78, 5) is 25.4. The van der Waals surface area contributed by atoms with Crippen LogP contribution in [0.5, 0.6) is 5.75 Å². The first-order valence-corrected chi connectivity index (χ1v) is 7.59. The monoisotopic (exact) mass is 305 g/mol. The van der Waals surface area contributed by atoms with Crippen LogP contribution in [-0.2, 0) is 4.79 Å². The van der Waals surface area contributed by atoms with Gasteiger partial charge in [-0.05, 0) is 44.0 Å². The number of methoxy groups -OCH3 is 1. The van der Waals surface area contributed by atoms with Gasteiger partial charge in [0.25, 0.3) is 0 Å². The number of carbonyl (C=O) groups excluding carboxylic acids is 2. The maximum absolute atomic E-state index is 11.9. The van der Waals surface area contributed by atoms with Crippen molar-refractivity contribution in [2.24, 2.45) is 0 Å². The molecule has 1 unspecified atom stereocenters. The van der Waals surface area contributed by atoms with Crippen LogP contribution in [-0.4, -0.2) is 43.6 Å². The zero-order valence-electron chi connectivity index (χ0n) is 13.1. The molecular formula is C16H23N3O3. The van der Waals surface area contributed by atoms with Crippen LogP contribution in [0.3, 0.4) is 0 Å². The summed E-state index contributed by atoms with van der Waals surface area (Å²) >= 11 is 0. The van der Waals surface area contributed by atoms with Crippen LogP contribution in [0.4, 0.5) is 4.79 Å². The average Bonchev–Trinajstić information content (AvgIpc) is 2.95. The fourth-order valence-corrected chi connectivity index (χ4v) is 2.80. The highest BCUT2D eigenvalue weighted by Crippen LogP contribution is 2.32. The Labute approximate surface area is 130 Å². The summed E-state index contributed by atoms with van der Waals surface area (Å²) in [7, 11) is 1.64. The molecule has 0 saturated carbocycles. The van der Waals surface area contributed by atoms with Crippen molar-refractivity contribution in [1.29, 1.82) is 0 Å². The van der Waals surface area contributed by atoms with Crippen molar-refractivity contribution in [1.82, 2.24) is 15.5 Å². The molecule has 6 nitrogen and oxygen atoms in total. The van der Waals surface area contributed by atoms with Crippen molar-refractivity contribution in [2.45, 2.75) is 25.8 Å².